The van der Waals surface area contributed by atoms with Crippen LogP contribution in [0.15, 0.2) is 23.6 Å². The molecule has 0 bridgehead atoms. The highest BCUT2D eigenvalue weighted by molar-refractivity contribution is 7.09. The molecule has 3 N–H and O–H groups in total. The number of carbonyl (C=O) groups excluding carboxylic acids is 1. The molecule has 20 heavy (non-hydrogen) atoms. The predicted octanol–water partition coefficient (Wildman–Crippen LogP) is 1.62. The van der Waals surface area contributed by atoms with Gasteiger partial charge in [0, 0.05) is 5.38 Å². The zero-order valence-corrected chi connectivity index (χ0v) is 10.8. The number of nitrogens with zero attached hydrogens (tertiary/aromatic N) is 1. The van der Waals surface area contributed by atoms with Crippen LogP contribution in [0.4, 0.5) is 4.39 Å². The third-order valence-corrected chi connectivity index (χ3v) is 3.22. The van der Waals surface area contributed by atoms with Crippen molar-refractivity contribution in [2.75, 3.05) is 0 Å². The number of nitrogens with one attached hydrogen (secondary N) is 1. The first kappa shape index (κ1) is 13.9. The largest absolute Gasteiger partial charge is 0.507 e. The number of amides is 1. The number of hydrogen-bond acceptors (Lipinski definition) is 5. The van der Waals surface area contributed by atoms with E-state index in [0.717, 1.165) is 29.5 Å². The van der Waals surface area contributed by atoms with E-state index in [-0.39, 0.29) is 23.6 Å². The zero-order valence-electron chi connectivity index (χ0n) is 9.96. The van der Waals surface area contributed by atoms with Crippen molar-refractivity contribution in [1.82, 2.24) is 10.3 Å². The topological polar surface area (TPSA) is 99.5 Å². The quantitative estimate of drug-likeness (QED) is 0.796. The first-order chi connectivity index (χ1) is 9.47. The molecule has 1 amide bonds. The van der Waals surface area contributed by atoms with E-state index in [1.807, 2.05) is 0 Å². The minimum absolute atomic E-state index is 0.00721. The second kappa shape index (κ2) is 5.66. The maximum Gasteiger partial charge on any atom is 0.355 e. The molecule has 2 aromatic rings. The number of hydrogen-bond donors (Lipinski definition) is 3. The standard InChI is InChI=1S/C12H9FN2O4S/c13-6-1-2-9(16)7(3-6)11(17)14-4-10-15-8(5-20-10)12(18)19/h1-3,5,16H,4H2,(H,14,17)(H,18,19). The van der Waals surface area contributed by atoms with Crippen LogP contribution in [0.1, 0.15) is 25.9 Å². The van der Waals surface area contributed by atoms with Crippen LogP contribution in [0.3, 0.4) is 0 Å². The summed E-state index contributed by atoms with van der Waals surface area (Å²) < 4.78 is 13.0. The van der Waals surface area contributed by atoms with Gasteiger partial charge in [-0.2, -0.15) is 0 Å². The maximum absolute atomic E-state index is 13.0. The summed E-state index contributed by atoms with van der Waals surface area (Å²) in [7, 11) is 0. The van der Waals surface area contributed by atoms with E-state index in [4.69, 9.17) is 5.11 Å². The van der Waals surface area contributed by atoms with Gasteiger partial charge in [-0.3, -0.25) is 4.79 Å². The molecule has 0 spiro atoms. The lowest BCUT2D eigenvalue weighted by Crippen LogP contribution is -2.23. The highest BCUT2D eigenvalue weighted by Gasteiger charge is 2.13. The van der Waals surface area contributed by atoms with Gasteiger partial charge in [0.2, 0.25) is 0 Å². The Labute approximate surface area is 116 Å². The summed E-state index contributed by atoms with van der Waals surface area (Å²) in [6, 6.07) is 3.03. The molecule has 0 atom stereocenters. The van der Waals surface area contributed by atoms with Gasteiger partial charge in [0.1, 0.15) is 16.6 Å². The van der Waals surface area contributed by atoms with Crippen molar-refractivity contribution in [3.05, 3.63) is 45.7 Å². The summed E-state index contributed by atoms with van der Waals surface area (Å²) in [5.74, 6) is -2.81. The van der Waals surface area contributed by atoms with E-state index in [1.54, 1.807) is 0 Å². The molecule has 0 aliphatic carbocycles. The second-order valence-corrected chi connectivity index (χ2v) is 4.72. The Morgan fingerprint density at radius 3 is 2.80 bits per heavy atom. The highest BCUT2D eigenvalue weighted by atomic mass is 32.1. The SMILES string of the molecule is O=C(O)c1csc(CNC(=O)c2cc(F)ccc2O)n1. The van der Waals surface area contributed by atoms with Gasteiger partial charge < -0.3 is 15.5 Å². The maximum atomic E-state index is 13.0. The lowest BCUT2D eigenvalue weighted by Gasteiger charge is -2.05. The molecule has 0 radical (unpaired) electrons. The molecule has 0 fully saturated rings. The van der Waals surface area contributed by atoms with E-state index < -0.39 is 17.7 Å². The average Bonchev–Trinajstić information content (AvgIpc) is 2.88. The van der Waals surface area contributed by atoms with Crippen molar-refractivity contribution in [3.63, 3.8) is 0 Å². The number of halogens is 1. The van der Waals surface area contributed by atoms with Crippen molar-refractivity contribution in [2.24, 2.45) is 0 Å². The number of benzene rings is 1. The summed E-state index contributed by atoms with van der Waals surface area (Å²) in [6.07, 6.45) is 0. The average molecular weight is 296 g/mol. The Hall–Kier alpha value is -2.48. The second-order valence-electron chi connectivity index (χ2n) is 3.78. The number of aromatic carboxylic acids is 1. The van der Waals surface area contributed by atoms with E-state index >= 15 is 0 Å². The fourth-order valence-electron chi connectivity index (χ4n) is 1.43. The Morgan fingerprint density at radius 2 is 2.15 bits per heavy atom. The normalized spacial score (nSPS) is 10.2. The van der Waals surface area contributed by atoms with Gasteiger partial charge in [-0.15, -0.1) is 11.3 Å². The molecule has 1 aromatic heterocycles. The van der Waals surface area contributed by atoms with Gasteiger partial charge in [-0.25, -0.2) is 14.2 Å². The summed E-state index contributed by atoms with van der Waals surface area (Å²) in [5, 5.41) is 22.3. The Kier molecular flexibility index (Phi) is 3.94. The number of aromatic hydroxyl groups is 1. The minimum atomic E-state index is -1.15. The number of thiazole rings is 1. The first-order valence-electron chi connectivity index (χ1n) is 5.42. The Bertz CT molecular complexity index is 671. The van der Waals surface area contributed by atoms with E-state index in [9.17, 15) is 19.1 Å². The summed E-state index contributed by atoms with van der Waals surface area (Å²) in [4.78, 5) is 26.2. The van der Waals surface area contributed by atoms with Crippen LogP contribution in [-0.4, -0.2) is 27.1 Å². The molecule has 2 rings (SSSR count). The molecule has 104 valence electrons. The minimum Gasteiger partial charge on any atom is -0.507 e. The molecule has 8 heteroatoms. The van der Waals surface area contributed by atoms with Crippen LogP contribution in [0.5, 0.6) is 5.75 Å². The van der Waals surface area contributed by atoms with Gasteiger partial charge >= 0.3 is 5.97 Å². The monoisotopic (exact) mass is 296 g/mol. The molecule has 0 saturated carbocycles. The summed E-state index contributed by atoms with van der Waals surface area (Å²) >= 11 is 1.08. The highest BCUT2D eigenvalue weighted by Crippen LogP contribution is 2.18. The number of phenolic OH excluding ortho intramolecular Hbond substituents is 1. The summed E-state index contributed by atoms with van der Waals surface area (Å²) in [6.45, 7) is -0.00721. The summed E-state index contributed by atoms with van der Waals surface area (Å²) in [5.41, 5.74) is -0.298. The molecule has 0 unspecified atom stereocenters. The van der Waals surface area contributed by atoms with Crippen molar-refractivity contribution in [1.29, 1.82) is 0 Å². The van der Waals surface area contributed by atoms with Gasteiger partial charge in [0.15, 0.2) is 5.69 Å². The van der Waals surface area contributed by atoms with Gasteiger partial charge in [0.05, 0.1) is 12.1 Å². The zero-order chi connectivity index (χ0) is 14.7. The van der Waals surface area contributed by atoms with Crippen LogP contribution < -0.4 is 5.32 Å². The van der Waals surface area contributed by atoms with Crippen LogP contribution in [0.25, 0.3) is 0 Å². The number of carbonyl (C=O) groups is 2. The molecule has 1 heterocycles. The number of rotatable bonds is 4. The molecule has 6 nitrogen and oxygen atoms in total. The molecule has 0 aliphatic rings. The van der Waals surface area contributed by atoms with Gasteiger partial charge in [0.25, 0.3) is 5.91 Å². The van der Waals surface area contributed by atoms with E-state index in [0.29, 0.717) is 5.01 Å². The smallest absolute Gasteiger partial charge is 0.355 e. The Morgan fingerprint density at radius 1 is 1.40 bits per heavy atom. The molecular weight excluding hydrogens is 287 g/mol. The van der Waals surface area contributed by atoms with Crippen molar-refractivity contribution in [2.45, 2.75) is 6.54 Å². The molecule has 0 saturated heterocycles. The van der Waals surface area contributed by atoms with E-state index in [2.05, 4.69) is 10.3 Å². The van der Waals surface area contributed by atoms with Crippen LogP contribution in [0, 0.1) is 5.82 Å². The third kappa shape index (κ3) is 3.09. The number of phenols is 1. The molecular formula is C12H9FN2O4S. The van der Waals surface area contributed by atoms with Crippen LogP contribution in [-0.2, 0) is 6.54 Å². The van der Waals surface area contributed by atoms with Crippen molar-refractivity contribution >= 4 is 23.2 Å². The van der Waals surface area contributed by atoms with E-state index in [1.165, 1.54) is 5.38 Å². The van der Waals surface area contributed by atoms with Gasteiger partial charge in [-0.1, -0.05) is 0 Å². The van der Waals surface area contributed by atoms with Crippen LogP contribution >= 0.6 is 11.3 Å². The fourth-order valence-corrected chi connectivity index (χ4v) is 2.14. The van der Waals surface area contributed by atoms with Gasteiger partial charge in [-0.05, 0) is 18.2 Å². The first-order valence-corrected chi connectivity index (χ1v) is 6.29. The number of carboxylic acids is 1. The lowest BCUT2D eigenvalue weighted by molar-refractivity contribution is 0.0691. The van der Waals surface area contributed by atoms with Crippen molar-refractivity contribution in [3.8, 4) is 5.75 Å². The third-order valence-electron chi connectivity index (χ3n) is 2.37. The Balaban J connectivity index is 2.04. The molecule has 1 aromatic carbocycles. The van der Waals surface area contributed by atoms with Crippen molar-refractivity contribution < 1.29 is 24.2 Å². The molecule has 0 aliphatic heterocycles. The fraction of sp³-hybridized carbons (Fsp3) is 0.0833. The predicted molar refractivity (Wildman–Crippen MR) is 68.3 cm³/mol. The lowest BCUT2D eigenvalue weighted by atomic mass is 10.2. The van der Waals surface area contributed by atoms with Crippen LogP contribution in [0.2, 0.25) is 0 Å². The number of carboxylic acid groups (broad SMARTS) is 1. The number of aromatic nitrogens is 1.